The van der Waals surface area contributed by atoms with E-state index < -0.39 is 0 Å². The van der Waals surface area contributed by atoms with Gasteiger partial charge in [-0.15, -0.1) is 0 Å². The Bertz CT molecular complexity index is 943. The number of nitrogens with zero attached hydrogens (tertiary/aromatic N) is 5. The Morgan fingerprint density at radius 1 is 1.09 bits per heavy atom. The summed E-state index contributed by atoms with van der Waals surface area (Å²) in [7, 11) is 1.61. The largest absolute Gasteiger partial charge is 0.494 e. The predicted molar refractivity (Wildman–Crippen MR) is 127 cm³/mol. The van der Waals surface area contributed by atoms with E-state index in [2.05, 4.69) is 69.3 Å². The third-order valence-corrected chi connectivity index (χ3v) is 7.34. The van der Waals surface area contributed by atoms with Crippen molar-refractivity contribution in [2.75, 3.05) is 38.2 Å². The number of hydrogen-bond acceptors (Lipinski definition) is 6. The van der Waals surface area contributed by atoms with E-state index in [0.717, 1.165) is 32.5 Å². The molecular formula is C25H34N6O2. The molecule has 5 rings (SSSR count). The van der Waals surface area contributed by atoms with E-state index in [1.54, 1.807) is 19.5 Å². The lowest BCUT2D eigenvalue weighted by Crippen LogP contribution is -2.68. The zero-order chi connectivity index (χ0) is 23.0. The van der Waals surface area contributed by atoms with Gasteiger partial charge in [0.2, 0.25) is 5.95 Å². The molecule has 8 nitrogen and oxygen atoms in total. The van der Waals surface area contributed by atoms with Gasteiger partial charge < -0.3 is 19.9 Å². The molecule has 0 bridgehead atoms. The number of carbonyl (C=O) groups is 1. The van der Waals surface area contributed by atoms with E-state index in [1.807, 2.05) is 4.90 Å². The molecule has 3 heterocycles. The Kier molecular flexibility index (Phi) is 5.86. The van der Waals surface area contributed by atoms with E-state index in [9.17, 15) is 4.79 Å². The maximum Gasteiger partial charge on any atom is 0.318 e. The molecule has 1 saturated carbocycles. The van der Waals surface area contributed by atoms with Crippen LogP contribution in [0, 0.1) is 5.41 Å². The molecule has 3 fully saturated rings. The van der Waals surface area contributed by atoms with Crippen LogP contribution < -0.4 is 15.0 Å². The quantitative estimate of drug-likeness (QED) is 0.755. The number of nitrogens with one attached hydrogen (secondary N) is 1. The van der Waals surface area contributed by atoms with Crippen molar-refractivity contribution in [3.63, 3.8) is 0 Å². The number of methoxy groups -OCH3 is 1. The van der Waals surface area contributed by atoms with E-state index in [0.29, 0.717) is 36.2 Å². The number of piperazine rings is 1. The summed E-state index contributed by atoms with van der Waals surface area (Å²) in [6.07, 6.45) is 5.55. The molecule has 1 aromatic heterocycles. The Morgan fingerprint density at radius 2 is 1.73 bits per heavy atom. The van der Waals surface area contributed by atoms with Crippen LogP contribution >= 0.6 is 0 Å². The van der Waals surface area contributed by atoms with Gasteiger partial charge in [-0.1, -0.05) is 30.3 Å². The van der Waals surface area contributed by atoms with Crippen LogP contribution in [0.1, 0.15) is 32.3 Å². The average Bonchev–Trinajstić information content (AvgIpc) is 2.76. The number of likely N-dealkylation sites (tertiary alicyclic amines) is 1. The number of carbonyl (C=O) groups excluding carboxylic acids is 1. The Morgan fingerprint density at radius 3 is 2.33 bits per heavy atom. The number of ether oxygens (including phenoxy) is 1. The van der Waals surface area contributed by atoms with Gasteiger partial charge >= 0.3 is 6.03 Å². The minimum absolute atomic E-state index is 0.0608. The van der Waals surface area contributed by atoms with Gasteiger partial charge in [-0.2, -0.15) is 0 Å². The van der Waals surface area contributed by atoms with Crippen LogP contribution in [-0.2, 0) is 6.54 Å². The SMILES string of the molecule is COc1cnc(N2C[C@@H](C)N(C(=O)NC3CC4(C3)CN(Cc3ccccc3)C4)[C@H](C)C2)nc1. The molecule has 176 valence electrons. The number of anilines is 1. The monoisotopic (exact) mass is 450 g/mol. The summed E-state index contributed by atoms with van der Waals surface area (Å²) in [6.45, 7) is 8.93. The van der Waals surface area contributed by atoms with Gasteiger partial charge in [-0.05, 0) is 37.7 Å². The van der Waals surface area contributed by atoms with Crippen LogP contribution in [-0.4, -0.2) is 77.2 Å². The number of urea groups is 1. The fourth-order valence-electron chi connectivity index (χ4n) is 5.92. The lowest BCUT2D eigenvalue weighted by Gasteiger charge is -2.59. The minimum Gasteiger partial charge on any atom is -0.494 e. The highest BCUT2D eigenvalue weighted by atomic mass is 16.5. The van der Waals surface area contributed by atoms with Crippen molar-refractivity contribution in [2.45, 2.75) is 51.4 Å². The highest BCUT2D eigenvalue weighted by molar-refractivity contribution is 5.76. The summed E-state index contributed by atoms with van der Waals surface area (Å²) in [5.41, 5.74) is 1.78. The molecule has 1 spiro atoms. The van der Waals surface area contributed by atoms with Gasteiger partial charge in [-0.3, -0.25) is 4.90 Å². The molecule has 8 heteroatoms. The molecule has 1 N–H and O–H groups in total. The van der Waals surface area contributed by atoms with Crippen LogP contribution in [0.4, 0.5) is 10.7 Å². The number of amides is 2. The molecular weight excluding hydrogens is 416 g/mol. The lowest BCUT2D eigenvalue weighted by molar-refractivity contribution is -0.0812. The molecule has 1 aromatic carbocycles. The number of aromatic nitrogens is 2. The second-order valence-corrected chi connectivity index (χ2v) is 10.1. The van der Waals surface area contributed by atoms with E-state index in [4.69, 9.17) is 4.74 Å². The van der Waals surface area contributed by atoms with Crippen molar-refractivity contribution in [1.29, 1.82) is 0 Å². The van der Waals surface area contributed by atoms with Crippen molar-refractivity contribution in [3.05, 3.63) is 48.3 Å². The molecule has 1 aliphatic carbocycles. The smallest absolute Gasteiger partial charge is 0.318 e. The van der Waals surface area contributed by atoms with Gasteiger partial charge in [0, 0.05) is 50.8 Å². The van der Waals surface area contributed by atoms with Crippen molar-refractivity contribution in [1.82, 2.24) is 25.1 Å². The first kappa shape index (κ1) is 21.9. The topological polar surface area (TPSA) is 73.8 Å². The van der Waals surface area contributed by atoms with E-state index in [-0.39, 0.29) is 18.1 Å². The average molecular weight is 451 g/mol. The van der Waals surface area contributed by atoms with Crippen LogP contribution in [0.25, 0.3) is 0 Å². The van der Waals surface area contributed by atoms with Gasteiger partial charge in [0.05, 0.1) is 19.5 Å². The standard InChI is InChI=1S/C25H34N6O2/c1-18-13-30(23-26-11-22(33-3)12-27-23)14-19(2)31(18)24(32)28-21-9-25(10-21)16-29(17-25)15-20-7-5-4-6-8-20/h4-8,11-12,18-19,21H,9-10,13-17H2,1-3H3,(H,28,32)/t18-,19-/m1/s1. The maximum absolute atomic E-state index is 13.1. The summed E-state index contributed by atoms with van der Waals surface area (Å²) in [4.78, 5) is 28.6. The van der Waals surface area contributed by atoms with Crippen molar-refractivity contribution in [3.8, 4) is 5.75 Å². The van der Waals surface area contributed by atoms with E-state index in [1.165, 1.54) is 5.56 Å². The molecule has 2 aliphatic heterocycles. The summed E-state index contributed by atoms with van der Waals surface area (Å²) in [5, 5.41) is 3.31. The Balaban J connectivity index is 1.09. The molecule has 0 radical (unpaired) electrons. The maximum atomic E-state index is 13.1. The first-order valence-electron chi connectivity index (χ1n) is 11.9. The predicted octanol–water partition coefficient (Wildman–Crippen LogP) is 2.76. The van der Waals surface area contributed by atoms with Crippen LogP contribution in [0.2, 0.25) is 0 Å². The molecule has 2 aromatic rings. The Labute approximate surface area is 195 Å². The van der Waals surface area contributed by atoms with Crippen LogP contribution in [0.15, 0.2) is 42.7 Å². The molecule has 3 aliphatic rings. The Hall–Kier alpha value is -2.87. The molecule has 2 amide bonds. The van der Waals surface area contributed by atoms with Crippen molar-refractivity contribution >= 4 is 12.0 Å². The van der Waals surface area contributed by atoms with Crippen LogP contribution in [0.5, 0.6) is 5.75 Å². The first-order chi connectivity index (χ1) is 15.9. The van der Waals surface area contributed by atoms with Crippen LogP contribution in [0.3, 0.4) is 0 Å². The highest BCUT2D eigenvalue weighted by Gasteiger charge is 2.52. The molecule has 2 saturated heterocycles. The summed E-state index contributed by atoms with van der Waals surface area (Å²) in [5.74, 6) is 1.33. The molecule has 2 atom stereocenters. The fourth-order valence-corrected chi connectivity index (χ4v) is 5.92. The normalized spacial score (nSPS) is 24.8. The third-order valence-electron chi connectivity index (χ3n) is 7.34. The summed E-state index contributed by atoms with van der Waals surface area (Å²) < 4.78 is 5.15. The number of hydrogen-bond donors (Lipinski definition) is 1. The van der Waals surface area contributed by atoms with Gasteiger partial charge in [0.1, 0.15) is 0 Å². The number of benzene rings is 1. The van der Waals surface area contributed by atoms with E-state index >= 15 is 0 Å². The van der Waals surface area contributed by atoms with Crippen molar-refractivity contribution < 1.29 is 9.53 Å². The first-order valence-corrected chi connectivity index (χ1v) is 11.9. The third kappa shape index (κ3) is 4.49. The van der Waals surface area contributed by atoms with Gasteiger partial charge in [0.25, 0.3) is 0 Å². The zero-order valence-corrected chi connectivity index (χ0v) is 19.8. The number of rotatable bonds is 5. The van der Waals surface area contributed by atoms with Crippen molar-refractivity contribution in [2.24, 2.45) is 5.41 Å². The zero-order valence-electron chi connectivity index (χ0n) is 19.8. The summed E-state index contributed by atoms with van der Waals surface area (Å²) in [6, 6.07) is 11.2. The van der Waals surface area contributed by atoms with Gasteiger partial charge in [-0.25, -0.2) is 14.8 Å². The highest BCUT2D eigenvalue weighted by Crippen LogP contribution is 2.48. The second-order valence-electron chi connectivity index (χ2n) is 10.1. The molecule has 0 unspecified atom stereocenters. The lowest BCUT2D eigenvalue weighted by atomic mass is 9.60. The minimum atomic E-state index is 0.0608. The van der Waals surface area contributed by atoms with Gasteiger partial charge in [0.15, 0.2) is 5.75 Å². The fraction of sp³-hybridized carbons (Fsp3) is 0.560. The second kappa shape index (κ2) is 8.82. The molecule has 33 heavy (non-hydrogen) atoms. The summed E-state index contributed by atoms with van der Waals surface area (Å²) >= 11 is 0.